The number of hydrogen-bond acceptors (Lipinski definition) is 5. The van der Waals surface area contributed by atoms with Crippen LogP contribution in [0.15, 0.2) is 0 Å². The molecule has 12 heavy (non-hydrogen) atoms. The average molecular weight is 190 g/mol. The van der Waals surface area contributed by atoms with Crippen molar-refractivity contribution in [1.82, 2.24) is 0 Å². The van der Waals surface area contributed by atoms with Crippen LogP contribution in [0.5, 0.6) is 0 Å². The van der Waals surface area contributed by atoms with E-state index in [-0.39, 0.29) is 6.61 Å². The highest BCUT2D eigenvalue weighted by Crippen LogP contribution is 1.88. The van der Waals surface area contributed by atoms with Crippen LogP contribution in [0, 0.1) is 0 Å². The fourth-order valence-electron chi connectivity index (χ4n) is 0.439. The molecular weight excluding hydrogens is 180 g/mol. The maximum atomic E-state index is 10.6. The molecule has 0 saturated carbocycles. The lowest BCUT2D eigenvalue weighted by molar-refractivity contribution is -0.156. The van der Waals surface area contributed by atoms with E-state index in [1.165, 1.54) is 0 Å². The maximum Gasteiger partial charge on any atom is 0.382 e. The second-order valence-electron chi connectivity index (χ2n) is 2.10. The van der Waals surface area contributed by atoms with Gasteiger partial charge in [-0.15, -0.1) is 0 Å². The summed E-state index contributed by atoms with van der Waals surface area (Å²) < 4.78 is 4.45. The van der Waals surface area contributed by atoms with Gasteiger partial charge in [-0.25, -0.2) is 4.79 Å². The van der Waals surface area contributed by atoms with Gasteiger partial charge in [0.1, 0.15) is 0 Å². The van der Waals surface area contributed by atoms with Crippen LogP contribution in [0.4, 0.5) is 0 Å². The third-order valence-corrected chi connectivity index (χ3v) is 1.36. The lowest BCUT2D eigenvalue weighted by atomic mass is 10.3. The summed E-state index contributed by atoms with van der Waals surface area (Å²) in [6, 6.07) is 0. The Bertz CT molecular complexity index is 200. The van der Waals surface area contributed by atoms with Crippen molar-refractivity contribution in [2.24, 2.45) is 0 Å². The van der Waals surface area contributed by atoms with E-state index in [9.17, 15) is 14.4 Å². The second-order valence-corrected chi connectivity index (χ2v) is 2.55. The maximum absolute atomic E-state index is 10.6. The molecule has 0 N–H and O–H groups in total. The van der Waals surface area contributed by atoms with Crippen LogP contribution >= 0.6 is 12.6 Å². The number of Topliss-reactive ketones (excluding diaryl/α,β-unsaturated/α-hetero) is 2. The predicted molar refractivity (Wildman–Crippen MR) is 45.1 cm³/mol. The van der Waals surface area contributed by atoms with E-state index >= 15 is 0 Å². The molecule has 0 aromatic carbocycles. The van der Waals surface area contributed by atoms with Gasteiger partial charge < -0.3 is 4.74 Å². The zero-order chi connectivity index (χ0) is 9.56. The van der Waals surface area contributed by atoms with Gasteiger partial charge in [0, 0.05) is 6.92 Å². The van der Waals surface area contributed by atoms with Crippen LogP contribution in [0.3, 0.4) is 0 Å². The van der Waals surface area contributed by atoms with Gasteiger partial charge >= 0.3 is 11.8 Å². The van der Waals surface area contributed by atoms with Crippen molar-refractivity contribution in [3.8, 4) is 0 Å². The molecule has 0 saturated heterocycles. The monoisotopic (exact) mass is 190 g/mol. The van der Waals surface area contributed by atoms with E-state index in [0.717, 1.165) is 6.92 Å². The highest BCUT2D eigenvalue weighted by molar-refractivity contribution is 7.80. The number of carbonyl (C=O) groups is 3. The van der Waals surface area contributed by atoms with Crippen molar-refractivity contribution in [2.75, 3.05) is 12.4 Å². The van der Waals surface area contributed by atoms with Gasteiger partial charge in [-0.3, -0.25) is 9.59 Å². The minimum Gasteiger partial charge on any atom is -0.460 e. The largest absolute Gasteiger partial charge is 0.460 e. The Morgan fingerprint density at radius 3 is 2.33 bits per heavy atom. The number of thiol groups is 1. The third kappa shape index (κ3) is 4.12. The number of ether oxygens (including phenoxy) is 1. The number of esters is 1. The Labute approximate surface area is 75.7 Å². The van der Waals surface area contributed by atoms with Crippen LogP contribution in [-0.4, -0.2) is 29.9 Å². The molecule has 0 aromatic heterocycles. The zero-order valence-electron chi connectivity index (χ0n) is 6.70. The van der Waals surface area contributed by atoms with Crippen molar-refractivity contribution in [3.63, 3.8) is 0 Å². The Morgan fingerprint density at radius 2 is 1.92 bits per heavy atom. The molecule has 0 aromatic rings. The van der Waals surface area contributed by atoms with Crippen LogP contribution < -0.4 is 0 Å². The molecule has 0 aliphatic carbocycles. The lowest BCUT2D eigenvalue weighted by Gasteiger charge is -1.99. The van der Waals surface area contributed by atoms with Gasteiger partial charge in [0.25, 0.3) is 0 Å². The Balaban J connectivity index is 3.73. The van der Waals surface area contributed by atoms with Crippen molar-refractivity contribution >= 4 is 30.2 Å². The molecule has 5 heteroatoms. The first-order valence-electron chi connectivity index (χ1n) is 3.42. The molecule has 0 aliphatic rings. The normalized spacial score (nSPS) is 9.17. The molecular formula is C7H10O4S. The van der Waals surface area contributed by atoms with E-state index in [1.54, 1.807) is 0 Å². The summed E-state index contributed by atoms with van der Waals surface area (Å²) in [5.41, 5.74) is 0. The van der Waals surface area contributed by atoms with Crippen LogP contribution in [0.1, 0.15) is 13.3 Å². The molecule has 0 unspecified atom stereocenters. The molecule has 68 valence electrons. The minimum absolute atomic E-state index is 0.126. The molecule has 0 fully saturated rings. The lowest BCUT2D eigenvalue weighted by Crippen LogP contribution is -2.24. The van der Waals surface area contributed by atoms with Crippen molar-refractivity contribution in [3.05, 3.63) is 0 Å². The van der Waals surface area contributed by atoms with Gasteiger partial charge in [0.2, 0.25) is 5.78 Å². The molecule has 0 aliphatic heterocycles. The summed E-state index contributed by atoms with van der Waals surface area (Å²) in [6.45, 7) is 1.16. The van der Waals surface area contributed by atoms with Crippen LogP contribution in [0.25, 0.3) is 0 Å². The van der Waals surface area contributed by atoms with E-state index < -0.39 is 17.5 Å². The summed E-state index contributed by atoms with van der Waals surface area (Å²) in [6.07, 6.45) is 0.569. The quantitative estimate of drug-likeness (QED) is 0.218. The first-order chi connectivity index (χ1) is 5.59. The van der Waals surface area contributed by atoms with Crippen molar-refractivity contribution < 1.29 is 19.1 Å². The highest BCUT2D eigenvalue weighted by Gasteiger charge is 2.19. The number of carbonyl (C=O) groups excluding carboxylic acids is 3. The summed E-state index contributed by atoms with van der Waals surface area (Å²) in [7, 11) is 0. The van der Waals surface area contributed by atoms with Gasteiger partial charge in [0.05, 0.1) is 6.61 Å². The van der Waals surface area contributed by atoms with Gasteiger partial charge in [-0.2, -0.15) is 12.6 Å². The Hall–Kier alpha value is -0.840. The smallest absolute Gasteiger partial charge is 0.382 e. The number of rotatable bonds is 5. The SMILES string of the molecule is CC(=O)C(=O)C(=O)OCCCS. The van der Waals surface area contributed by atoms with Crippen molar-refractivity contribution in [2.45, 2.75) is 13.3 Å². The van der Waals surface area contributed by atoms with E-state index in [4.69, 9.17) is 0 Å². The van der Waals surface area contributed by atoms with Gasteiger partial charge in [-0.1, -0.05) is 0 Å². The highest BCUT2D eigenvalue weighted by atomic mass is 32.1. The summed E-state index contributed by atoms with van der Waals surface area (Å²) in [4.78, 5) is 31.6. The first-order valence-corrected chi connectivity index (χ1v) is 4.05. The van der Waals surface area contributed by atoms with E-state index in [2.05, 4.69) is 17.4 Å². The summed E-state index contributed by atoms with van der Waals surface area (Å²) >= 11 is 3.87. The molecule has 0 heterocycles. The molecule has 0 amide bonds. The minimum atomic E-state index is -1.10. The Kier molecular flexibility index (Phi) is 5.36. The summed E-state index contributed by atoms with van der Waals surface area (Å²) in [5.74, 6) is -2.41. The fraction of sp³-hybridized carbons (Fsp3) is 0.571. The fourth-order valence-corrected chi connectivity index (χ4v) is 0.568. The number of hydrogen-bond donors (Lipinski definition) is 1. The van der Waals surface area contributed by atoms with Gasteiger partial charge in [0.15, 0.2) is 0 Å². The Morgan fingerprint density at radius 1 is 1.33 bits per heavy atom. The molecule has 0 radical (unpaired) electrons. The van der Waals surface area contributed by atoms with E-state index in [0.29, 0.717) is 12.2 Å². The first kappa shape index (κ1) is 11.2. The molecule has 0 spiro atoms. The van der Waals surface area contributed by atoms with Crippen LogP contribution in [-0.2, 0) is 19.1 Å². The molecule has 4 nitrogen and oxygen atoms in total. The van der Waals surface area contributed by atoms with Crippen molar-refractivity contribution in [1.29, 1.82) is 0 Å². The average Bonchev–Trinajstić information content (AvgIpc) is 2.03. The number of ketones is 2. The molecule has 0 rings (SSSR count). The van der Waals surface area contributed by atoms with Gasteiger partial charge in [-0.05, 0) is 12.2 Å². The predicted octanol–water partition coefficient (Wildman–Crippen LogP) is 0.00760. The molecule has 0 bridgehead atoms. The zero-order valence-corrected chi connectivity index (χ0v) is 7.60. The molecule has 0 atom stereocenters. The topological polar surface area (TPSA) is 60.4 Å². The van der Waals surface area contributed by atoms with Crippen LogP contribution in [0.2, 0.25) is 0 Å². The van der Waals surface area contributed by atoms with E-state index in [1.807, 2.05) is 0 Å². The third-order valence-electron chi connectivity index (χ3n) is 1.04. The summed E-state index contributed by atoms with van der Waals surface area (Å²) in [5, 5.41) is 0. The standard InChI is InChI=1S/C7H10O4S/c1-5(8)6(9)7(10)11-3-2-4-12/h12H,2-4H2,1H3. The second kappa shape index (κ2) is 5.77.